The van der Waals surface area contributed by atoms with E-state index >= 15 is 0 Å². The van der Waals surface area contributed by atoms with Crippen LogP contribution in [0.5, 0.6) is 0 Å². The van der Waals surface area contributed by atoms with Crippen LogP contribution in [0.2, 0.25) is 0 Å². The SMILES string of the molecule is CC(=O)OC[C@H]1O[C@@H](NC(=O)CCCCC2CCSS2)[C@H](OC(C)=O)[C@@H](OC(C)=O)[C@@H]1O[C@@H]1O[C@H](COC(C)=O)[C@@H](OC(C)=O)[C@H](OC(C)=O)[C@H]1OC(C)=O. The molecule has 3 saturated heterocycles. The lowest BCUT2D eigenvalue weighted by Gasteiger charge is -2.48. The fourth-order valence-electron chi connectivity index (χ4n) is 6.08. The van der Waals surface area contributed by atoms with E-state index in [1.807, 2.05) is 21.6 Å². The highest BCUT2D eigenvalue weighted by Gasteiger charge is 2.57. The minimum Gasteiger partial charge on any atom is -0.463 e. The van der Waals surface area contributed by atoms with Gasteiger partial charge in [-0.05, 0) is 19.3 Å². The zero-order valence-corrected chi connectivity index (χ0v) is 33.3. The molecule has 3 rings (SSSR count). The number of rotatable bonds is 17. The zero-order valence-electron chi connectivity index (χ0n) is 31.7. The number of carbonyl (C=O) groups excluding carboxylic acids is 8. The Morgan fingerprint density at radius 3 is 1.58 bits per heavy atom. The average Bonchev–Trinajstić information content (AvgIpc) is 3.59. The molecule has 1 unspecified atom stereocenters. The third-order valence-electron chi connectivity index (χ3n) is 8.14. The Balaban J connectivity index is 2.03. The van der Waals surface area contributed by atoms with Gasteiger partial charge >= 0.3 is 41.8 Å². The van der Waals surface area contributed by atoms with Crippen molar-refractivity contribution in [3.8, 4) is 0 Å². The molecule has 0 saturated carbocycles. The van der Waals surface area contributed by atoms with Gasteiger partial charge in [0.05, 0.1) is 0 Å². The van der Waals surface area contributed by atoms with E-state index < -0.39 is 122 Å². The van der Waals surface area contributed by atoms with E-state index in [2.05, 4.69) is 5.32 Å². The Kier molecular flexibility index (Phi) is 18.4. The van der Waals surface area contributed by atoms with Crippen LogP contribution in [0, 0.1) is 0 Å². The zero-order chi connectivity index (χ0) is 40.8. The molecule has 19 nitrogen and oxygen atoms in total. The summed E-state index contributed by atoms with van der Waals surface area (Å²) in [6.45, 7) is 6.32. The summed E-state index contributed by atoms with van der Waals surface area (Å²) >= 11 is 0. The first-order valence-corrected chi connectivity index (χ1v) is 20.0. The molecule has 1 N–H and O–H groups in total. The van der Waals surface area contributed by atoms with Gasteiger partial charge in [-0.2, -0.15) is 0 Å². The predicted octanol–water partition coefficient (Wildman–Crippen LogP) is 1.44. The van der Waals surface area contributed by atoms with Gasteiger partial charge in [-0.25, -0.2) is 0 Å². The van der Waals surface area contributed by atoms with Crippen molar-refractivity contribution in [2.75, 3.05) is 19.0 Å². The van der Waals surface area contributed by atoms with E-state index in [9.17, 15) is 38.4 Å². The Labute approximate surface area is 325 Å². The molecule has 11 atom stereocenters. The fraction of sp³-hybridized carbons (Fsp3) is 0.765. The molecule has 0 aromatic carbocycles. The molecule has 21 heteroatoms. The standard InChI is InChI=1S/C34H49NO18S2/c1-16(36)44-14-24-28(53-34-32(50-22(7)42)30(48-20(5)40)27(46-18(3)38)25(52-34)15-45-17(2)37)29(47-19(4)39)31(49-21(6)41)33(51-24)35-26(43)11-9-8-10-23-12-13-54-55-23/h23-25,27-34H,8-15H2,1-7H3,(H,35,43)/t23?,24-,25-,27-,28-,29+,30+,31-,32-,33-,34+/m1/s1. The number of carbonyl (C=O) groups is 8. The fourth-order valence-corrected chi connectivity index (χ4v) is 9.11. The molecule has 0 bridgehead atoms. The largest absolute Gasteiger partial charge is 0.463 e. The lowest BCUT2D eigenvalue weighted by molar-refractivity contribution is -0.345. The molecule has 0 aromatic rings. The summed E-state index contributed by atoms with van der Waals surface area (Å²) < 4.78 is 56.5. The molecule has 0 aliphatic carbocycles. The van der Waals surface area contributed by atoms with E-state index in [1.54, 1.807) is 0 Å². The second-order valence-electron chi connectivity index (χ2n) is 12.9. The second kappa shape index (κ2) is 22.2. The average molecular weight is 824 g/mol. The van der Waals surface area contributed by atoms with Crippen LogP contribution < -0.4 is 5.32 Å². The Morgan fingerprint density at radius 1 is 0.582 bits per heavy atom. The summed E-state index contributed by atoms with van der Waals surface area (Å²) in [5.74, 6) is -5.32. The van der Waals surface area contributed by atoms with Crippen LogP contribution in [0.4, 0.5) is 0 Å². The van der Waals surface area contributed by atoms with E-state index in [-0.39, 0.29) is 6.42 Å². The molecular formula is C34H49NO18S2. The molecule has 0 radical (unpaired) electrons. The van der Waals surface area contributed by atoms with E-state index in [0.717, 1.165) is 73.5 Å². The van der Waals surface area contributed by atoms with Crippen LogP contribution in [0.15, 0.2) is 0 Å². The van der Waals surface area contributed by atoms with Gasteiger partial charge in [0.15, 0.2) is 43.0 Å². The third kappa shape index (κ3) is 15.1. The van der Waals surface area contributed by atoms with Crippen LogP contribution in [-0.4, -0.2) is 133 Å². The minimum absolute atomic E-state index is 0.0920. The predicted molar refractivity (Wildman–Crippen MR) is 188 cm³/mol. The third-order valence-corrected chi connectivity index (χ3v) is 11.1. The van der Waals surface area contributed by atoms with Gasteiger partial charge in [-0.3, -0.25) is 38.4 Å². The van der Waals surface area contributed by atoms with Gasteiger partial charge in [0.2, 0.25) is 5.91 Å². The Morgan fingerprint density at radius 2 is 1.07 bits per heavy atom. The molecule has 310 valence electrons. The first kappa shape index (κ1) is 45.7. The Hall–Kier alpha value is -3.66. The highest BCUT2D eigenvalue weighted by atomic mass is 33.1. The van der Waals surface area contributed by atoms with Crippen molar-refractivity contribution in [2.45, 2.75) is 147 Å². The number of nitrogens with one attached hydrogen (secondary N) is 1. The smallest absolute Gasteiger partial charge is 0.303 e. The number of amides is 1. The van der Waals surface area contributed by atoms with Crippen LogP contribution in [0.25, 0.3) is 0 Å². The maximum atomic E-state index is 13.2. The molecule has 3 heterocycles. The lowest BCUT2D eigenvalue weighted by atomic mass is 9.95. The van der Waals surface area contributed by atoms with Gasteiger partial charge in [0, 0.05) is 65.9 Å². The summed E-state index contributed by atoms with van der Waals surface area (Å²) in [6.07, 6.45) is -12.3. The highest BCUT2D eigenvalue weighted by Crippen LogP contribution is 2.40. The Bertz CT molecular complexity index is 1390. The van der Waals surface area contributed by atoms with E-state index in [4.69, 9.17) is 47.4 Å². The molecule has 0 aromatic heterocycles. The first-order chi connectivity index (χ1) is 25.9. The molecule has 3 aliphatic rings. The molecular weight excluding hydrogens is 774 g/mol. The van der Waals surface area contributed by atoms with Crippen molar-refractivity contribution < 1.29 is 85.7 Å². The van der Waals surface area contributed by atoms with Gasteiger partial charge < -0.3 is 52.7 Å². The van der Waals surface area contributed by atoms with Crippen molar-refractivity contribution in [1.29, 1.82) is 0 Å². The topological polar surface area (TPSA) is 241 Å². The minimum atomic E-state index is -1.81. The molecule has 1 amide bonds. The van der Waals surface area contributed by atoms with Crippen LogP contribution in [0.1, 0.15) is 80.6 Å². The van der Waals surface area contributed by atoms with Crippen LogP contribution in [0.3, 0.4) is 0 Å². The lowest BCUT2D eigenvalue weighted by Crippen LogP contribution is -2.68. The first-order valence-electron chi connectivity index (χ1n) is 17.6. The second-order valence-corrected chi connectivity index (χ2v) is 15.6. The summed E-state index contributed by atoms with van der Waals surface area (Å²) in [5, 5.41) is 3.20. The number of esters is 7. The van der Waals surface area contributed by atoms with Crippen molar-refractivity contribution in [2.24, 2.45) is 0 Å². The number of hydrogen-bond donors (Lipinski definition) is 1. The van der Waals surface area contributed by atoms with Crippen LogP contribution in [-0.2, 0) is 85.7 Å². The van der Waals surface area contributed by atoms with E-state index in [1.165, 1.54) is 0 Å². The normalized spacial score (nSPS) is 30.2. The molecule has 55 heavy (non-hydrogen) atoms. The van der Waals surface area contributed by atoms with Crippen molar-refractivity contribution >= 4 is 69.3 Å². The quantitative estimate of drug-likeness (QED) is 0.0944. The van der Waals surface area contributed by atoms with E-state index in [0.29, 0.717) is 11.7 Å². The maximum absolute atomic E-state index is 13.2. The van der Waals surface area contributed by atoms with Gasteiger partial charge in [0.1, 0.15) is 31.5 Å². The molecule has 3 fully saturated rings. The van der Waals surface area contributed by atoms with Crippen LogP contribution >= 0.6 is 21.6 Å². The molecule has 0 spiro atoms. The van der Waals surface area contributed by atoms with Gasteiger partial charge in [-0.15, -0.1) is 0 Å². The highest BCUT2D eigenvalue weighted by molar-refractivity contribution is 8.77. The van der Waals surface area contributed by atoms with Gasteiger partial charge in [0.25, 0.3) is 0 Å². The summed E-state index contributed by atoms with van der Waals surface area (Å²) in [4.78, 5) is 99.1. The van der Waals surface area contributed by atoms with Crippen molar-refractivity contribution in [1.82, 2.24) is 5.32 Å². The summed E-state index contributed by atoms with van der Waals surface area (Å²) in [7, 11) is 3.66. The van der Waals surface area contributed by atoms with Crippen molar-refractivity contribution in [3.63, 3.8) is 0 Å². The number of hydrogen-bond acceptors (Lipinski definition) is 20. The van der Waals surface area contributed by atoms with Gasteiger partial charge in [-0.1, -0.05) is 28.0 Å². The number of ether oxygens (including phenoxy) is 10. The summed E-state index contributed by atoms with van der Waals surface area (Å²) in [5.41, 5.74) is 0. The summed E-state index contributed by atoms with van der Waals surface area (Å²) in [6, 6.07) is 0. The maximum Gasteiger partial charge on any atom is 0.303 e. The van der Waals surface area contributed by atoms with Crippen molar-refractivity contribution in [3.05, 3.63) is 0 Å². The number of unbranched alkanes of at least 4 members (excludes halogenated alkanes) is 1. The molecule has 3 aliphatic heterocycles. The monoisotopic (exact) mass is 823 g/mol.